The van der Waals surface area contributed by atoms with Crippen LogP contribution in [-0.2, 0) is 18.3 Å². The molecular formula is C16H21N3OS. The van der Waals surface area contributed by atoms with Gasteiger partial charge in [0.05, 0.1) is 23.5 Å². The van der Waals surface area contributed by atoms with Crippen LogP contribution in [0.4, 0.5) is 0 Å². The molecule has 4 nitrogen and oxygen atoms in total. The van der Waals surface area contributed by atoms with Crippen LogP contribution >= 0.6 is 11.3 Å². The second-order valence-corrected chi connectivity index (χ2v) is 7.12. The Labute approximate surface area is 129 Å². The summed E-state index contributed by atoms with van der Waals surface area (Å²) in [5.41, 5.74) is 3.26. The van der Waals surface area contributed by atoms with Gasteiger partial charge in [0, 0.05) is 16.4 Å². The lowest BCUT2D eigenvalue weighted by atomic mass is 9.93. The van der Waals surface area contributed by atoms with Crippen molar-refractivity contribution < 1.29 is 4.79 Å². The molecular weight excluding hydrogens is 282 g/mol. The van der Waals surface area contributed by atoms with Crippen molar-refractivity contribution in [2.45, 2.75) is 52.9 Å². The number of aromatic nitrogens is 3. The smallest absolute Gasteiger partial charge is 0.171 e. The summed E-state index contributed by atoms with van der Waals surface area (Å²) in [5, 5.41) is 11.0. The number of thiazole rings is 1. The molecule has 2 aromatic rings. The van der Waals surface area contributed by atoms with Crippen LogP contribution in [0, 0.1) is 6.92 Å². The maximum atomic E-state index is 12.5. The third-order valence-corrected chi connectivity index (χ3v) is 4.11. The molecule has 21 heavy (non-hydrogen) atoms. The highest BCUT2D eigenvalue weighted by molar-refractivity contribution is 7.09. The van der Waals surface area contributed by atoms with Gasteiger partial charge in [-0.25, -0.2) is 4.98 Å². The number of ketones is 1. The summed E-state index contributed by atoms with van der Waals surface area (Å²) in [4.78, 5) is 17.1. The van der Waals surface area contributed by atoms with Gasteiger partial charge in [0.15, 0.2) is 5.78 Å². The number of rotatable bonds is 4. The molecule has 0 aliphatic rings. The van der Waals surface area contributed by atoms with Crippen LogP contribution in [0.15, 0.2) is 11.4 Å². The fraction of sp³-hybridized carbons (Fsp3) is 0.500. The first-order valence-electron chi connectivity index (χ1n) is 7.12. The minimum atomic E-state index is 0.0151. The number of nitrogens with zero attached hydrogens (tertiary/aromatic N) is 3. The van der Waals surface area contributed by atoms with Crippen LogP contribution in [0.25, 0.3) is 0 Å². The van der Waals surface area contributed by atoms with E-state index in [4.69, 9.17) is 0 Å². The average molecular weight is 303 g/mol. The molecule has 0 saturated heterocycles. The van der Waals surface area contributed by atoms with Gasteiger partial charge in [0.1, 0.15) is 5.01 Å². The standard InChI is InChI=1S/C16H21N3OS/c1-6-12-11(7-10(2)18-19-12)13(20)8-15-17-14(9-21-15)16(3,4)5/h7,9H,6,8H2,1-5H3. The summed E-state index contributed by atoms with van der Waals surface area (Å²) < 4.78 is 0. The number of Topliss-reactive ketones (excluding diaryl/α,β-unsaturated/α-hetero) is 1. The summed E-state index contributed by atoms with van der Waals surface area (Å²) in [6.07, 6.45) is 1.04. The lowest BCUT2D eigenvalue weighted by Gasteiger charge is -2.14. The molecule has 0 fully saturated rings. The van der Waals surface area contributed by atoms with Gasteiger partial charge in [-0.05, 0) is 19.4 Å². The van der Waals surface area contributed by atoms with Crippen LogP contribution in [0.5, 0.6) is 0 Å². The predicted octanol–water partition coefficient (Wildman–Crippen LogP) is 3.53. The SMILES string of the molecule is CCc1nnc(C)cc1C(=O)Cc1nc(C(C)(C)C)cs1. The lowest BCUT2D eigenvalue weighted by Crippen LogP contribution is -2.13. The van der Waals surface area contributed by atoms with Gasteiger partial charge in [-0.15, -0.1) is 11.3 Å². The summed E-state index contributed by atoms with van der Waals surface area (Å²) in [6, 6.07) is 1.83. The van der Waals surface area contributed by atoms with Crippen LogP contribution in [0.1, 0.15) is 60.1 Å². The molecule has 0 radical (unpaired) electrons. The van der Waals surface area contributed by atoms with Gasteiger partial charge in [-0.2, -0.15) is 10.2 Å². The molecule has 0 saturated carbocycles. The average Bonchev–Trinajstić information content (AvgIpc) is 2.87. The second kappa shape index (κ2) is 6.02. The van der Waals surface area contributed by atoms with E-state index in [9.17, 15) is 4.79 Å². The van der Waals surface area contributed by atoms with E-state index in [1.807, 2.05) is 25.3 Å². The molecule has 112 valence electrons. The highest BCUT2D eigenvalue weighted by Crippen LogP contribution is 2.24. The van der Waals surface area contributed by atoms with Crippen molar-refractivity contribution in [3.05, 3.63) is 39.1 Å². The van der Waals surface area contributed by atoms with Gasteiger partial charge < -0.3 is 0 Å². The molecule has 0 aliphatic heterocycles. The molecule has 5 heteroatoms. The van der Waals surface area contributed by atoms with E-state index in [1.54, 1.807) is 11.3 Å². The zero-order chi connectivity index (χ0) is 15.6. The van der Waals surface area contributed by atoms with Crippen LogP contribution in [-0.4, -0.2) is 21.0 Å². The largest absolute Gasteiger partial charge is 0.294 e. The number of hydrogen-bond acceptors (Lipinski definition) is 5. The van der Waals surface area contributed by atoms with E-state index < -0.39 is 0 Å². The molecule has 0 spiro atoms. The van der Waals surface area contributed by atoms with E-state index in [1.165, 1.54) is 0 Å². The number of aryl methyl sites for hydroxylation is 2. The van der Waals surface area contributed by atoms with Gasteiger partial charge in [-0.3, -0.25) is 4.79 Å². The lowest BCUT2D eigenvalue weighted by molar-refractivity contribution is 0.0991. The van der Waals surface area contributed by atoms with Gasteiger partial charge in [-0.1, -0.05) is 27.7 Å². The summed E-state index contributed by atoms with van der Waals surface area (Å²) in [7, 11) is 0. The first-order chi connectivity index (χ1) is 9.81. The minimum absolute atomic E-state index is 0.0151. The molecule has 0 amide bonds. The number of carbonyl (C=O) groups is 1. The maximum absolute atomic E-state index is 12.5. The first kappa shape index (κ1) is 15.8. The van der Waals surface area contributed by atoms with Crippen molar-refractivity contribution in [2.75, 3.05) is 0 Å². The Bertz CT molecular complexity index is 656. The van der Waals surface area contributed by atoms with Gasteiger partial charge in [0.25, 0.3) is 0 Å². The molecule has 0 unspecified atom stereocenters. The summed E-state index contributed by atoms with van der Waals surface area (Å²) >= 11 is 1.55. The van der Waals surface area contributed by atoms with Crippen LogP contribution < -0.4 is 0 Å². The molecule has 0 aromatic carbocycles. The Hall–Kier alpha value is -1.62. The van der Waals surface area contributed by atoms with E-state index in [0.29, 0.717) is 18.4 Å². The van der Waals surface area contributed by atoms with Crippen LogP contribution in [0.2, 0.25) is 0 Å². The number of hydrogen-bond donors (Lipinski definition) is 0. The normalized spacial score (nSPS) is 11.7. The van der Waals surface area contributed by atoms with Crippen molar-refractivity contribution in [2.24, 2.45) is 0 Å². The highest BCUT2D eigenvalue weighted by atomic mass is 32.1. The van der Waals surface area contributed by atoms with Gasteiger partial charge >= 0.3 is 0 Å². The zero-order valence-electron chi connectivity index (χ0n) is 13.2. The van der Waals surface area contributed by atoms with Crippen LogP contribution in [0.3, 0.4) is 0 Å². The second-order valence-electron chi connectivity index (χ2n) is 6.18. The van der Waals surface area contributed by atoms with E-state index in [2.05, 4.69) is 36.0 Å². The predicted molar refractivity (Wildman–Crippen MR) is 85.0 cm³/mol. The first-order valence-corrected chi connectivity index (χ1v) is 8.00. The Morgan fingerprint density at radius 1 is 1.29 bits per heavy atom. The van der Waals surface area contributed by atoms with E-state index in [-0.39, 0.29) is 11.2 Å². The highest BCUT2D eigenvalue weighted by Gasteiger charge is 2.20. The van der Waals surface area contributed by atoms with E-state index >= 15 is 0 Å². The third kappa shape index (κ3) is 3.73. The minimum Gasteiger partial charge on any atom is -0.294 e. The summed E-state index contributed by atoms with van der Waals surface area (Å²) in [5.74, 6) is 0.0691. The molecule has 0 N–H and O–H groups in total. The molecule has 2 aromatic heterocycles. The quantitative estimate of drug-likeness (QED) is 0.811. The van der Waals surface area contributed by atoms with Crippen molar-refractivity contribution in [1.29, 1.82) is 0 Å². The van der Waals surface area contributed by atoms with Gasteiger partial charge in [0.2, 0.25) is 0 Å². The zero-order valence-corrected chi connectivity index (χ0v) is 14.0. The van der Waals surface area contributed by atoms with Crippen molar-refractivity contribution in [3.63, 3.8) is 0 Å². The molecule has 0 aliphatic carbocycles. The van der Waals surface area contributed by atoms with Crippen molar-refractivity contribution in [1.82, 2.24) is 15.2 Å². The fourth-order valence-electron chi connectivity index (χ4n) is 1.99. The molecule has 2 rings (SSSR count). The maximum Gasteiger partial charge on any atom is 0.171 e. The van der Waals surface area contributed by atoms with Crippen molar-refractivity contribution >= 4 is 17.1 Å². The molecule has 2 heterocycles. The fourth-order valence-corrected chi connectivity index (χ4v) is 3.01. The Morgan fingerprint density at radius 3 is 2.57 bits per heavy atom. The van der Waals surface area contributed by atoms with Crippen molar-refractivity contribution in [3.8, 4) is 0 Å². The Morgan fingerprint density at radius 2 is 2.00 bits per heavy atom. The Balaban J connectivity index is 2.22. The van der Waals surface area contributed by atoms with E-state index in [0.717, 1.165) is 22.1 Å². The monoisotopic (exact) mass is 303 g/mol. The Kier molecular flexibility index (Phi) is 4.52. The topological polar surface area (TPSA) is 55.7 Å². The third-order valence-electron chi connectivity index (χ3n) is 3.26. The summed E-state index contributed by atoms with van der Waals surface area (Å²) in [6.45, 7) is 10.2. The molecule has 0 bridgehead atoms. The molecule has 0 atom stereocenters. The number of carbonyl (C=O) groups excluding carboxylic acids is 1.